The number of aliphatic hydroxyl groups excluding tert-OH is 2. The largest absolute Gasteiger partial charge is 0.479 e. The Balaban J connectivity index is 0.000000154. The van der Waals surface area contributed by atoms with Crippen molar-refractivity contribution in [2.45, 2.75) is 91.5 Å². The van der Waals surface area contributed by atoms with E-state index in [-0.39, 0.29) is 11.8 Å². The molecule has 0 unspecified atom stereocenters. The summed E-state index contributed by atoms with van der Waals surface area (Å²) in [5.41, 5.74) is 10.6. The van der Waals surface area contributed by atoms with Crippen molar-refractivity contribution in [1.29, 1.82) is 0 Å². The fourth-order valence-electron chi connectivity index (χ4n) is 8.84. The van der Waals surface area contributed by atoms with Crippen LogP contribution in [0.4, 0.5) is 11.4 Å². The van der Waals surface area contributed by atoms with E-state index in [0.29, 0.717) is 13.1 Å². The number of anilines is 2. The molecule has 2 amide bonds. The van der Waals surface area contributed by atoms with Gasteiger partial charge in [-0.3, -0.25) is 9.59 Å². The number of nitrogens with zero attached hydrogens (tertiary/aromatic N) is 6. The number of aryl methyl sites for hydroxylation is 2. The summed E-state index contributed by atoms with van der Waals surface area (Å²) in [5.74, 6) is -3.06. The van der Waals surface area contributed by atoms with Crippen LogP contribution in [0.15, 0.2) is 36.4 Å². The summed E-state index contributed by atoms with van der Waals surface area (Å²) < 4.78 is 4.59. The standard InChI is InChI=1S/2C19H25N3O.C4H6O6/c2*1-3-20(4-2)11-12-21-17-10-6-8-15-14-7-5-9-16(14)22(19(15)17)13-18(21)23;5-1(3(7)8)2(6)4(9)10/h2*6,8,10H,3-5,7,9,11-13H2,1-2H3;1-2,5-6H,(H,7,8)(H,9,10)/t;;1-,2-/m..1/s1. The van der Waals surface area contributed by atoms with Crippen LogP contribution in [-0.4, -0.2) is 128 Å². The molecule has 2 aromatic heterocycles. The zero-order valence-corrected chi connectivity index (χ0v) is 33.0. The van der Waals surface area contributed by atoms with Gasteiger partial charge in [-0.25, -0.2) is 9.59 Å². The van der Waals surface area contributed by atoms with E-state index in [1.54, 1.807) is 0 Å². The van der Waals surface area contributed by atoms with Gasteiger partial charge in [-0.1, -0.05) is 52.0 Å². The van der Waals surface area contributed by atoms with Crippen LogP contribution in [0.3, 0.4) is 0 Å². The molecule has 8 rings (SSSR count). The summed E-state index contributed by atoms with van der Waals surface area (Å²) in [4.78, 5) is 53.9. The summed E-state index contributed by atoms with van der Waals surface area (Å²) in [6.45, 7) is 17.3. The number of amides is 2. The van der Waals surface area contributed by atoms with Crippen molar-refractivity contribution >= 4 is 56.9 Å². The van der Waals surface area contributed by atoms with E-state index < -0.39 is 24.1 Å². The first-order valence-electron chi connectivity index (χ1n) is 20.1. The molecule has 4 N–H and O–H groups in total. The second kappa shape index (κ2) is 17.6. The Labute approximate surface area is 327 Å². The molecule has 14 heteroatoms. The molecule has 56 heavy (non-hydrogen) atoms. The number of carbonyl (C=O) groups is 4. The summed E-state index contributed by atoms with van der Waals surface area (Å²) >= 11 is 0. The first kappa shape index (κ1) is 40.9. The van der Waals surface area contributed by atoms with Gasteiger partial charge in [-0.2, -0.15) is 0 Å². The molecule has 2 aliphatic heterocycles. The number of hydrogen-bond donors (Lipinski definition) is 4. The molecular formula is C42H56N6O8. The van der Waals surface area contributed by atoms with Gasteiger partial charge in [0.1, 0.15) is 13.1 Å². The van der Waals surface area contributed by atoms with Crippen molar-refractivity contribution in [2.75, 3.05) is 62.2 Å². The van der Waals surface area contributed by atoms with E-state index in [4.69, 9.17) is 20.4 Å². The molecule has 0 fully saturated rings. The maximum absolute atomic E-state index is 12.8. The van der Waals surface area contributed by atoms with Gasteiger partial charge < -0.3 is 49.2 Å². The molecule has 0 radical (unpaired) electrons. The number of carboxylic acids is 2. The molecule has 14 nitrogen and oxygen atoms in total. The van der Waals surface area contributed by atoms with Crippen molar-refractivity contribution in [1.82, 2.24) is 18.9 Å². The Morgan fingerprint density at radius 3 is 1.34 bits per heavy atom. The van der Waals surface area contributed by atoms with Crippen LogP contribution in [0.1, 0.15) is 63.1 Å². The summed E-state index contributed by atoms with van der Waals surface area (Å²) in [5, 5.41) is 35.3. The number of likely N-dealkylation sites (N-methyl/N-ethyl adjacent to an activating group) is 2. The van der Waals surface area contributed by atoms with Gasteiger partial charge in [0.05, 0.1) is 22.4 Å². The van der Waals surface area contributed by atoms with Crippen molar-refractivity contribution in [2.24, 2.45) is 0 Å². The first-order chi connectivity index (χ1) is 26.9. The Morgan fingerprint density at radius 2 is 1.00 bits per heavy atom. The number of aliphatic hydroxyl groups is 2. The Bertz CT molecular complexity index is 1950. The van der Waals surface area contributed by atoms with Gasteiger partial charge in [0.2, 0.25) is 11.8 Å². The van der Waals surface area contributed by atoms with E-state index >= 15 is 0 Å². The van der Waals surface area contributed by atoms with E-state index in [1.807, 2.05) is 9.80 Å². The van der Waals surface area contributed by atoms with Gasteiger partial charge in [0, 0.05) is 48.3 Å². The van der Waals surface area contributed by atoms with Gasteiger partial charge in [-0.15, -0.1) is 0 Å². The molecule has 2 aliphatic carbocycles. The van der Waals surface area contributed by atoms with Gasteiger partial charge in [-0.05, 0) is 88.0 Å². The Kier molecular flexibility index (Phi) is 12.8. The van der Waals surface area contributed by atoms with E-state index in [2.05, 4.69) is 83.0 Å². The van der Waals surface area contributed by atoms with Crippen LogP contribution in [-0.2, 0) is 58.0 Å². The van der Waals surface area contributed by atoms with Crippen LogP contribution < -0.4 is 9.80 Å². The van der Waals surface area contributed by atoms with Crippen molar-refractivity contribution in [3.63, 3.8) is 0 Å². The first-order valence-corrected chi connectivity index (χ1v) is 20.1. The summed E-state index contributed by atoms with van der Waals surface area (Å²) in [6, 6.07) is 12.9. The van der Waals surface area contributed by atoms with Crippen molar-refractivity contribution in [3.8, 4) is 0 Å². The SMILES string of the molecule is CCN(CC)CCN1C(=O)Cn2c3c(c4cccc1c42)CCC3.CCN(CC)CCN1C(=O)Cn2c3c(c4cccc1c42)CCC3.O=C(O)[C@H](O)[C@@H](O)C(=O)O. The lowest BCUT2D eigenvalue weighted by Crippen LogP contribution is -2.42. The highest BCUT2D eigenvalue weighted by atomic mass is 16.4. The molecule has 4 aliphatic rings. The third-order valence-electron chi connectivity index (χ3n) is 11.9. The molecule has 302 valence electrons. The number of aromatic nitrogens is 2. The molecule has 4 aromatic rings. The van der Waals surface area contributed by atoms with Crippen molar-refractivity contribution < 1.29 is 39.6 Å². The monoisotopic (exact) mass is 772 g/mol. The fourth-order valence-corrected chi connectivity index (χ4v) is 8.84. The van der Waals surface area contributed by atoms with Crippen LogP contribution in [0.5, 0.6) is 0 Å². The average molecular weight is 773 g/mol. The maximum Gasteiger partial charge on any atom is 0.335 e. The number of hydrogen-bond acceptors (Lipinski definition) is 8. The second-order valence-corrected chi connectivity index (χ2v) is 14.8. The Hall–Kier alpha value is -4.76. The number of fused-ring (bicyclic) bond motifs is 6. The molecule has 0 bridgehead atoms. The van der Waals surface area contributed by atoms with E-state index in [0.717, 1.165) is 89.4 Å². The second-order valence-electron chi connectivity index (χ2n) is 14.8. The molecule has 0 saturated carbocycles. The number of para-hydroxylation sites is 2. The summed E-state index contributed by atoms with van der Waals surface area (Å²) in [6.07, 6.45) is 2.49. The topological polar surface area (TPSA) is 172 Å². The number of aliphatic carboxylic acids is 2. The molecule has 2 atom stereocenters. The number of benzene rings is 2. The normalized spacial score (nSPS) is 16.5. The zero-order valence-electron chi connectivity index (χ0n) is 33.0. The molecule has 0 saturated heterocycles. The van der Waals surface area contributed by atoms with Gasteiger partial charge >= 0.3 is 11.9 Å². The predicted molar refractivity (Wildman–Crippen MR) is 215 cm³/mol. The molecule has 2 aromatic carbocycles. The van der Waals surface area contributed by atoms with Crippen LogP contribution in [0.2, 0.25) is 0 Å². The van der Waals surface area contributed by atoms with E-state index in [9.17, 15) is 19.2 Å². The lowest BCUT2D eigenvalue weighted by molar-refractivity contribution is -0.165. The third kappa shape index (κ3) is 7.80. The van der Waals surface area contributed by atoms with Gasteiger partial charge in [0.25, 0.3) is 0 Å². The zero-order chi connectivity index (χ0) is 40.3. The highest BCUT2D eigenvalue weighted by Gasteiger charge is 2.33. The van der Waals surface area contributed by atoms with Crippen LogP contribution >= 0.6 is 0 Å². The quantitative estimate of drug-likeness (QED) is 0.158. The van der Waals surface area contributed by atoms with Gasteiger partial charge in [0.15, 0.2) is 12.2 Å². The minimum Gasteiger partial charge on any atom is -0.479 e. The van der Waals surface area contributed by atoms with Crippen LogP contribution in [0.25, 0.3) is 21.8 Å². The number of rotatable bonds is 13. The van der Waals surface area contributed by atoms with Crippen LogP contribution in [0, 0.1) is 0 Å². The maximum atomic E-state index is 12.8. The van der Waals surface area contributed by atoms with E-state index in [1.165, 1.54) is 57.2 Å². The lowest BCUT2D eigenvalue weighted by Gasteiger charge is -2.31. The molecule has 4 heterocycles. The minimum absolute atomic E-state index is 0.238. The highest BCUT2D eigenvalue weighted by molar-refractivity contribution is 6.08. The highest BCUT2D eigenvalue weighted by Crippen LogP contribution is 2.41. The summed E-state index contributed by atoms with van der Waals surface area (Å²) in [7, 11) is 0. The number of carbonyl (C=O) groups excluding carboxylic acids is 2. The fraction of sp³-hybridized carbons (Fsp3) is 0.524. The molecule has 0 spiro atoms. The Morgan fingerprint density at radius 1 is 0.625 bits per heavy atom. The predicted octanol–water partition coefficient (Wildman–Crippen LogP) is 3.51. The lowest BCUT2D eigenvalue weighted by atomic mass is 10.1. The third-order valence-corrected chi connectivity index (χ3v) is 11.9. The smallest absolute Gasteiger partial charge is 0.335 e. The van der Waals surface area contributed by atoms with Crippen molar-refractivity contribution in [3.05, 3.63) is 58.9 Å². The minimum atomic E-state index is -2.27. The number of carboxylic acid groups (broad SMARTS) is 2. The average Bonchev–Trinajstić information content (AvgIpc) is 3.99. The molecular weight excluding hydrogens is 716 g/mol.